The van der Waals surface area contributed by atoms with Gasteiger partial charge in [0.15, 0.2) is 0 Å². The van der Waals surface area contributed by atoms with Gasteiger partial charge >= 0.3 is 6.18 Å². The molecule has 0 saturated carbocycles. The van der Waals surface area contributed by atoms with Gasteiger partial charge in [0.2, 0.25) is 0 Å². The molecule has 114 valence electrons. The monoisotopic (exact) mass is 293 g/mol. The van der Waals surface area contributed by atoms with Crippen molar-refractivity contribution in [3.63, 3.8) is 0 Å². The summed E-state index contributed by atoms with van der Waals surface area (Å²) in [5, 5.41) is 0. The standard InChI is InChI=1S/C13H18F3NO3/c1-18-3-2-4-19-5-6-20-12-8-10(13(14,15)16)7-11(17)9-12/h7-9H,2-6,17H2,1H3. The molecule has 1 rings (SSSR count). The Morgan fingerprint density at radius 3 is 2.45 bits per heavy atom. The van der Waals surface area contributed by atoms with E-state index in [1.807, 2.05) is 0 Å². The molecule has 0 bridgehead atoms. The molecule has 0 unspecified atom stereocenters. The van der Waals surface area contributed by atoms with Crippen molar-refractivity contribution < 1.29 is 27.4 Å². The molecular formula is C13H18F3NO3. The average Bonchev–Trinajstić information content (AvgIpc) is 2.36. The van der Waals surface area contributed by atoms with Gasteiger partial charge in [-0.25, -0.2) is 0 Å². The van der Waals surface area contributed by atoms with E-state index >= 15 is 0 Å². The van der Waals surface area contributed by atoms with Crippen LogP contribution in [0.3, 0.4) is 0 Å². The molecule has 0 fully saturated rings. The lowest BCUT2D eigenvalue weighted by atomic mass is 10.2. The largest absolute Gasteiger partial charge is 0.491 e. The molecule has 0 radical (unpaired) electrons. The Balaban J connectivity index is 2.39. The third kappa shape index (κ3) is 6.12. The third-order valence-electron chi connectivity index (χ3n) is 2.39. The summed E-state index contributed by atoms with van der Waals surface area (Å²) in [6.07, 6.45) is -3.68. The van der Waals surface area contributed by atoms with Crippen molar-refractivity contribution in [1.29, 1.82) is 0 Å². The number of methoxy groups -OCH3 is 1. The molecule has 7 heteroatoms. The molecule has 0 atom stereocenters. The highest BCUT2D eigenvalue weighted by atomic mass is 19.4. The lowest BCUT2D eigenvalue weighted by Crippen LogP contribution is -2.10. The summed E-state index contributed by atoms with van der Waals surface area (Å²) in [5.41, 5.74) is 4.60. The fourth-order valence-corrected chi connectivity index (χ4v) is 1.49. The average molecular weight is 293 g/mol. The smallest absolute Gasteiger partial charge is 0.416 e. The number of hydrogen-bond acceptors (Lipinski definition) is 4. The van der Waals surface area contributed by atoms with Gasteiger partial charge in [0.25, 0.3) is 0 Å². The van der Waals surface area contributed by atoms with Gasteiger partial charge in [-0.3, -0.25) is 0 Å². The second kappa shape index (κ2) is 7.96. The van der Waals surface area contributed by atoms with E-state index in [1.54, 1.807) is 7.11 Å². The second-order valence-corrected chi connectivity index (χ2v) is 4.10. The van der Waals surface area contributed by atoms with Crippen LogP contribution in [0.2, 0.25) is 0 Å². The van der Waals surface area contributed by atoms with Gasteiger partial charge in [-0.2, -0.15) is 13.2 Å². The molecule has 1 aromatic carbocycles. The minimum atomic E-state index is -4.44. The van der Waals surface area contributed by atoms with Crippen LogP contribution in [0.5, 0.6) is 5.75 Å². The molecule has 2 N–H and O–H groups in total. The van der Waals surface area contributed by atoms with Gasteiger partial charge < -0.3 is 19.9 Å². The number of benzene rings is 1. The predicted molar refractivity (Wildman–Crippen MR) is 68.7 cm³/mol. The SMILES string of the molecule is COCCCOCCOc1cc(N)cc(C(F)(F)F)c1. The fraction of sp³-hybridized carbons (Fsp3) is 0.538. The lowest BCUT2D eigenvalue weighted by molar-refractivity contribution is -0.137. The van der Waals surface area contributed by atoms with E-state index in [0.29, 0.717) is 19.8 Å². The second-order valence-electron chi connectivity index (χ2n) is 4.10. The Labute approximate surface area is 115 Å². The van der Waals surface area contributed by atoms with Crippen LogP contribution in [0.4, 0.5) is 18.9 Å². The first-order valence-electron chi connectivity index (χ1n) is 6.10. The van der Waals surface area contributed by atoms with E-state index in [-0.39, 0.29) is 18.0 Å². The Kier molecular flexibility index (Phi) is 6.60. The van der Waals surface area contributed by atoms with Crippen molar-refractivity contribution in [3.8, 4) is 5.75 Å². The number of hydrogen-bond donors (Lipinski definition) is 1. The normalized spacial score (nSPS) is 11.6. The van der Waals surface area contributed by atoms with Gasteiger partial charge in [0, 0.05) is 32.1 Å². The van der Waals surface area contributed by atoms with Gasteiger partial charge in [-0.15, -0.1) is 0 Å². The number of anilines is 1. The van der Waals surface area contributed by atoms with Crippen LogP contribution in [-0.2, 0) is 15.7 Å². The van der Waals surface area contributed by atoms with E-state index in [9.17, 15) is 13.2 Å². The summed E-state index contributed by atoms with van der Waals surface area (Å²) < 4.78 is 52.9. The first-order valence-corrected chi connectivity index (χ1v) is 6.10. The Bertz CT molecular complexity index is 410. The minimum Gasteiger partial charge on any atom is -0.491 e. The molecule has 0 aliphatic rings. The molecule has 0 spiro atoms. The van der Waals surface area contributed by atoms with E-state index in [0.717, 1.165) is 18.6 Å². The van der Waals surface area contributed by atoms with Crippen LogP contribution >= 0.6 is 0 Å². The van der Waals surface area contributed by atoms with E-state index < -0.39 is 11.7 Å². The summed E-state index contributed by atoms with van der Waals surface area (Å²) in [7, 11) is 1.60. The van der Waals surface area contributed by atoms with Crippen molar-refractivity contribution in [2.24, 2.45) is 0 Å². The number of rotatable bonds is 8. The Morgan fingerprint density at radius 2 is 1.80 bits per heavy atom. The molecule has 20 heavy (non-hydrogen) atoms. The molecule has 0 heterocycles. The van der Waals surface area contributed by atoms with Crippen LogP contribution < -0.4 is 10.5 Å². The zero-order chi connectivity index (χ0) is 15.0. The van der Waals surface area contributed by atoms with Gasteiger partial charge in [-0.1, -0.05) is 0 Å². The zero-order valence-electron chi connectivity index (χ0n) is 11.2. The zero-order valence-corrected chi connectivity index (χ0v) is 11.2. The molecule has 4 nitrogen and oxygen atoms in total. The maximum Gasteiger partial charge on any atom is 0.416 e. The van der Waals surface area contributed by atoms with Gasteiger partial charge in [-0.05, 0) is 18.6 Å². The topological polar surface area (TPSA) is 53.7 Å². The Morgan fingerprint density at radius 1 is 1.05 bits per heavy atom. The van der Waals surface area contributed by atoms with E-state index in [2.05, 4.69) is 0 Å². The summed E-state index contributed by atoms with van der Waals surface area (Å²) in [6, 6.07) is 3.13. The molecule has 0 aliphatic carbocycles. The maximum atomic E-state index is 12.6. The molecular weight excluding hydrogens is 275 g/mol. The Hall–Kier alpha value is -1.47. The van der Waals surface area contributed by atoms with Crippen molar-refractivity contribution >= 4 is 5.69 Å². The van der Waals surface area contributed by atoms with Gasteiger partial charge in [0.05, 0.1) is 12.2 Å². The first-order chi connectivity index (χ1) is 9.43. The highest BCUT2D eigenvalue weighted by Crippen LogP contribution is 2.33. The third-order valence-corrected chi connectivity index (χ3v) is 2.39. The van der Waals surface area contributed by atoms with Crippen molar-refractivity contribution in [1.82, 2.24) is 0 Å². The molecule has 0 aliphatic heterocycles. The van der Waals surface area contributed by atoms with Crippen LogP contribution in [0.1, 0.15) is 12.0 Å². The summed E-state index contributed by atoms with van der Waals surface area (Å²) >= 11 is 0. The number of halogens is 3. The van der Waals surface area contributed by atoms with Crippen LogP contribution in [-0.4, -0.2) is 33.5 Å². The molecule has 0 amide bonds. The van der Waals surface area contributed by atoms with Crippen LogP contribution in [0.15, 0.2) is 18.2 Å². The van der Waals surface area contributed by atoms with Crippen LogP contribution in [0, 0.1) is 0 Å². The summed E-state index contributed by atoms with van der Waals surface area (Å²) in [6.45, 7) is 1.57. The molecule has 0 aromatic heterocycles. The lowest BCUT2D eigenvalue weighted by Gasteiger charge is -2.12. The fourth-order valence-electron chi connectivity index (χ4n) is 1.49. The molecule has 1 aromatic rings. The van der Waals surface area contributed by atoms with Crippen molar-refractivity contribution in [2.45, 2.75) is 12.6 Å². The van der Waals surface area contributed by atoms with Crippen molar-refractivity contribution in [3.05, 3.63) is 23.8 Å². The number of nitrogens with two attached hydrogens (primary N) is 1. The predicted octanol–water partition coefficient (Wildman–Crippen LogP) is 2.72. The highest BCUT2D eigenvalue weighted by Gasteiger charge is 2.31. The maximum absolute atomic E-state index is 12.6. The summed E-state index contributed by atoms with van der Waals surface area (Å²) in [5.74, 6) is 0.0813. The molecule has 0 saturated heterocycles. The minimum absolute atomic E-state index is 0.0100. The summed E-state index contributed by atoms with van der Waals surface area (Å²) in [4.78, 5) is 0. The first kappa shape index (κ1) is 16.6. The quantitative estimate of drug-likeness (QED) is 0.591. The number of ether oxygens (including phenoxy) is 3. The van der Waals surface area contributed by atoms with E-state index in [4.69, 9.17) is 19.9 Å². The van der Waals surface area contributed by atoms with Gasteiger partial charge in [0.1, 0.15) is 12.4 Å². The highest BCUT2D eigenvalue weighted by molar-refractivity contribution is 5.48. The number of alkyl halides is 3. The van der Waals surface area contributed by atoms with Crippen molar-refractivity contribution in [2.75, 3.05) is 39.3 Å². The van der Waals surface area contributed by atoms with Crippen LogP contribution in [0.25, 0.3) is 0 Å². The van der Waals surface area contributed by atoms with E-state index in [1.165, 1.54) is 6.07 Å². The number of nitrogen functional groups attached to an aromatic ring is 1.